The van der Waals surface area contributed by atoms with Gasteiger partial charge in [0.25, 0.3) is 5.91 Å². The van der Waals surface area contributed by atoms with Crippen molar-refractivity contribution in [1.29, 1.82) is 0 Å². The van der Waals surface area contributed by atoms with E-state index < -0.39 is 6.04 Å². The molecule has 0 aliphatic carbocycles. The average molecular weight is 820 g/mol. The number of likely N-dealkylation sites (tertiary alicyclic amines) is 1. The zero-order chi connectivity index (χ0) is 41.8. The van der Waals surface area contributed by atoms with Gasteiger partial charge in [-0.3, -0.25) is 24.6 Å². The molecule has 3 fully saturated rings. The molecule has 4 aliphatic heterocycles. The Morgan fingerprint density at radius 3 is 2.47 bits per heavy atom. The Hall–Kier alpha value is -5.61. The van der Waals surface area contributed by atoms with Gasteiger partial charge in [-0.2, -0.15) is 19.6 Å². The molecule has 4 aliphatic rings. The predicted octanol–water partition coefficient (Wildman–Crippen LogP) is 4.66. The Balaban J connectivity index is 0.759. The lowest BCUT2D eigenvalue weighted by Crippen LogP contribution is -2.52. The number of nitrogens with zero attached hydrogens (tertiary/aromatic N) is 8. The zero-order valence-corrected chi connectivity index (χ0v) is 35.0. The fourth-order valence-electron chi connectivity index (χ4n) is 8.68. The van der Waals surface area contributed by atoms with Crippen molar-refractivity contribution in [1.82, 2.24) is 44.5 Å². The topological polar surface area (TPSA) is 170 Å². The van der Waals surface area contributed by atoms with Crippen LogP contribution in [-0.4, -0.2) is 128 Å². The van der Waals surface area contributed by atoms with Crippen molar-refractivity contribution in [3.05, 3.63) is 76.5 Å². The number of piperazine rings is 1. The summed E-state index contributed by atoms with van der Waals surface area (Å²) >= 11 is 0. The van der Waals surface area contributed by atoms with E-state index in [9.17, 15) is 19.2 Å². The molecule has 0 radical (unpaired) electrons. The Morgan fingerprint density at radius 1 is 0.933 bits per heavy atom. The van der Waals surface area contributed by atoms with E-state index in [1.165, 1.54) is 0 Å². The maximum Gasteiger partial charge on any atom is 0.322 e. The van der Waals surface area contributed by atoms with Crippen LogP contribution in [0.2, 0.25) is 0 Å². The normalized spacial score (nSPS) is 19.3. The minimum absolute atomic E-state index is 0.0818. The van der Waals surface area contributed by atoms with E-state index in [0.29, 0.717) is 50.1 Å². The first-order valence-electron chi connectivity index (χ1n) is 21.6. The lowest BCUT2D eigenvalue weighted by Gasteiger charge is -2.34. The third kappa shape index (κ3) is 9.39. The number of imide groups is 1. The largest absolute Gasteiger partial charge is 0.460 e. The number of unbranched alkanes of at least 4 members (excludes halogenated alkanes) is 2. The second-order valence-electron chi connectivity index (χ2n) is 16.9. The molecule has 1 unspecified atom stereocenters. The number of anilines is 2. The number of hydrogen-bond donors (Lipinski definition) is 3. The van der Waals surface area contributed by atoms with Gasteiger partial charge < -0.3 is 30.1 Å². The van der Waals surface area contributed by atoms with E-state index in [0.717, 1.165) is 105 Å². The highest BCUT2D eigenvalue weighted by Gasteiger charge is 2.39. The van der Waals surface area contributed by atoms with Gasteiger partial charge >= 0.3 is 12.0 Å². The zero-order valence-electron chi connectivity index (χ0n) is 35.0. The SMILES string of the molecule is CC(C)c1cnn2c(NCc3ccc(NC(=O)N4CCN(CCCCCc5cccc6c5CN(C5CCC(=O)NC5=O)C6=O)CC4)cc3)nc(OC3CCN(C)CC3)nc12. The molecule has 1 atom stereocenters. The number of aromatic nitrogens is 4. The first-order valence-corrected chi connectivity index (χ1v) is 21.6. The highest BCUT2D eigenvalue weighted by molar-refractivity contribution is 6.05. The first kappa shape index (κ1) is 41.1. The molecule has 0 spiro atoms. The third-order valence-electron chi connectivity index (χ3n) is 12.3. The molecule has 0 saturated carbocycles. The fourth-order valence-corrected chi connectivity index (χ4v) is 8.68. The molecular formula is C44H57N11O5. The van der Waals surface area contributed by atoms with E-state index in [4.69, 9.17) is 14.7 Å². The molecule has 16 nitrogen and oxygen atoms in total. The summed E-state index contributed by atoms with van der Waals surface area (Å²) in [6.45, 7) is 11.1. The van der Waals surface area contributed by atoms with Gasteiger partial charge in [0.05, 0.1) is 6.20 Å². The van der Waals surface area contributed by atoms with Gasteiger partial charge in [-0.05, 0) is 92.9 Å². The number of amides is 5. The third-order valence-corrected chi connectivity index (χ3v) is 12.3. The number of fused-ring (bicyclic) bond motifs is 2. The van der Waals surface area contributed by atoms with E-state index >= 15 is 0 Å². The number of carbonyl (C=O) groups excluding carboxylic acids is 4. The minimum atomic E-state index is -0.600. The van der Waals surface area contributed by atoms with Crippen LogP contribution in [0.3, 0.4) is 0 Å². The van der Waals surface area contributed by atoms with Crippen LogP contribution in [0.5, 0.6) is 6.01 Å². The molecule has 2 aromatic carbocycles. The van der Waals surface area contributed by atoms with E-state index in [1.807, 2.05) is 47.5 Å². The second kappa shape index (κ2) is 18.3. The number of benzene rings is 2. The summed E-state index contributed by atoms with van der Waals surface area (Å²) in [5.41, 5.74) is 6.39. The van der Waals surface area contributed by atoms with Gasteiger partial charge in [-0.15, -0.1) is 0 Å². The molecule has 8 rings (SSSR count). The second-order valence-corrected chi connectivity index (χ2v) is 16.9. The van der Waals surface area contributed by atoms with Gasteiger partial charge in [0.1, 0.15) is 12.1 Å². The van der Waals surface area contributed by atoms with Crippen LogP contribution in [0, 0.1) is 0 Å². The van der Waals surface area contributed by atoms with Crippen molar-refractivity contribution in [3.63, 3.8) is 0 Å². The maximum absolute atomic E-state index is 13.2. The smallest absolute Gasteiger partial charge is 0.322 e. The van der Waals surface area contributed by atoms with Crippen LogP contribution in [0.25, 0.3) is 5.65 Å². The van der Waals surface area contributed by atoms with Crippen LogP contribution in [-0.2, 0) is 29.1 Å². The number of rotatable bonds is 14. The quantitative estimate of drug-likeness (QED) is 0.120. The number of piperidine rings is 2. The van der Waals surface area contributed by atoms with Crippen molar-refractivity contribution < 1.29 is 23.9 Å². The van der Waals surface area contributed by atoms with Crippen LogP contribution in [0.1, 0.15) is 97.3 Å². The van der Waals surface area contributed by atoms with Crippen molar-refractivity contribution in [2.75, 3.05) is 63.5 Å². The van der Waals surface area contributed by atoms with Crippen molar-refractivity contribution in [2.24, 2.45) is 0 Å². The molecule has 5 amide bonds. The Labute approximate surface area is 351 Å². The summed E-state index contributed by atoms with van der Waals surface area (Å²) in [5.74, 6) is 0.0266. The predicted molar refractivity (Wildman–Crippen MR) is 227 cm³/mol. The standard InChI is InChI=1S/C44H57N11O5/c1-29(2)35-27-46-55-39(35)49-43(60-33-17-20-51(3)21-18-33)50-42(55)45-26-30-11-13-32(14-12-30)47-44(59)53-24-22-52(23-25-53)19-6-4-5-8-31-9-7-10-34-36(31)28-54(41(34)58)37-15-16-38(56)48-40(37)57/h7,9-14,27,29,33,37H,4-6,8,15-26,28H2,1-3H3,(H,47,59)(H,45,49,50)(H,48,56,57). The number of hydrogen-bond acceptors (Lipinski definition) is 11. The fraction of sp³-hybridized carbons (Fsp3) is 0.523. The average Bonchev–Trinajstić information content (AvgIpc) is 3.83. The monoisotopic (exact) mass is 819 g/mol. The Bertz CT molecular complexity index is 2190. The van der Waals surface area contributed by atoms with Gasteiger partial charge in [-0.25, -0.2) is 4.79 Å². The molecule has 318 valence electrons. The molecule has 0 bridgehead atoms. The van der Waals surface area contributed by atoms with Gasteiger partial charge in [-0.1, -0.05) is 44.5 Å². The van der Waals surface area contributed by atoms with Crippen molar-refractivity contribution in [3.8, 4) is 6.01 Å². The minimum Gasteiger partial charge on any atom is -0.460 e. The number of carbonyl (C=O) groups is 4. The number of nitrogens with one attached hydrogen (secondary N) is 3. The van der Waals surface area contributed by atoms with Crippen LogP contribution in [0.4, 0.5) is 16.4 Å². The highest BCUT2D eigenvalue weighted by atomic mass is 16.5. The summed E-state index contributed by atoms with van der Waals surface area (Å²) in [7, 11) is 2.13. The number of urea groups is 1. The number of aryl methyl sites for hydroxylation is 1. The van der Waals surface area contributed by atoms with Crippen LogP contribution >= 0.6 is 0 Å². The van der Waals surface area contributed by atoms with Crippen LogP contribution < -0.4 is 20.7 Å². The number of ether oxygens (including phenoxy) is 1. The van der Waals surface area contributed by atoms with E-state index in [1.54, 1.807) is 9.42 Å². The first-order chi connectivity index (χ1) is 29.1. The van der Waals surface area contributed by atoms with Crippen molar-refractivity contribution >= 4 is 41.0 Å². The van der Waals surface area contributed by atoms with E-state index in [-0.39, 0.29) is 42.2 Å². The molecule has 4 aromatic rings. The summed E-state index contributed by atoms with van der Waals surface area (Å²) in [4.78, 5) is 68.2. The Kier molecular flexibility index (Phi) is 12.6. The van der Waals surface area contributed by atoms with Gasteiger partial charge in [0.15, 0.2) is 5.65 Å². The Morgan fingerprint density at radius 2 is 1.72 bits per heavy atom. The molecule has 6 heterocycles. The van der Waals surface area contributed by atoms with E-state index in [2.05, 4.69) is 57.8 Å². The van der Waals surface area contributed by atoms with Crippen molar-refractivity contribution in [2.45, 2.75) is 96.4 Å². The molecule has 3 N–H and O–H groups in total. The molecule has 2 aromatic heterocycles. The summed E-state index contributed by atoms with van der Waals surface area (Å²) in [6.07, 6.45) is 8.41. The molecular weight excluding hydrogens is 763 g/mol. The molecule has 3 saturated heterocycles. The van der Waals surface area contributed by atoms with Gasteiger partial charge in [0.2, 0.25) is 17.8 Å². The summed E-state index contributed by atoms with van der Waals surface area (Å²) in [6, 6.07) is 13.4. The highest BCUT2D eigenvalue weighted by Crippen LogP contribution is 2.31. The molecule has 60 heavy (non-hydrogen) atoms. The maximum atomic E-state index is 13.2. The van der Waals surface area contributed by atoms with Gasteiger partial charge in [0, 0.05) is 75.6 Å². The van der Waals surface area contributed by atoms with Crippen LogP contribution in [0.15, 0.2) is 48.7 Å². The summed E-state index contributed by atoms with van der Waals surface area (Å²) in [5, 5.41) is 13.5. The lowest BCUT2D eigenvalue weighted by molar-refractivity contribution is -0.136. The molecule has 16 heteroatoms. The summed E-state index contributed by atoms with van der Waals surface area (Å²) < 4.78 is 8.04. The lowest BCUT2D eigenvalue weighted by atomic mass is 9.98.